The molecule has 0 aliphatic carbocycles. The number of fused-ring (bicyclic) bond motifs is 1. The van der Waals surface area contributed by atoms with Gasteiger partial charge in [0.2, 0.25) is 0 Å². The summed E-state index contributed by atoms with van der Waals surface area (Å²) in [4.78, 5) is 52.3. The van der Waals surface area contributed by atoms with Crippen LogP contribution in [0.15, 0.2) is 48.8 Å². The first kappa shape index (κ1) is 43.4. The Morgan fingerprint density at radius 2 is 1.80 bits per heavy atom. The summed E-state index contributed by atoms with van der Waals surface area (Å²) in [5, 5.41) is 11.6. The van der Waals surface area contributed by atoms with Gasteiger partial charge in [-0.25, -0.2) is 0 Å². The van der Waals surface area contributed by atoms with Crippen molar-refractivity contribution in [2.75, 3.05) is 27.3 Å². The van der Waals surface area contributed by atoms with Crippen LogP contribution < -0.4 is 0 Å². The molecule has 12 nitrogen and oxygen atoms in total. The lowest BCUT2D eigenvalue weighted by Crippen LogP contribution is -2.59. The van der Waals surface area contributed by atoms with Gasteiger partial charge in [0.1, 0.15) is 36.1 Å². The zero-order valence-electron chi connectivity index (χ0n) is 34.7. The number of aromatic nitrogens is 2. The lowest BCUT2D eigenvalue weighted by molar-refractivity contribution is -0.296. The number of esters is 1. The van der Waals surface area contributed by atoms with Gasteiger partial charge in [0, 0.05) is 53.4 Å². The first-order valence-corrected chi connectivity index (χ1v) is 19.9. The number of ether oxygens (including phenoxy) is 5. The Balaban J connectivity index is 1.55. The summed E-state index contributed by atoms with van der Waals surface area (Å²) in [6.07, 6.45) is 0.291. The van der Waals surface area contributed by atoms with Gasteiger partial charge in [0.25, 0.3) is 0 Å². The van der Waals surface area contributed by atoms with Gasteiger partial charge in [-0.15, -0.1) is 0 Å². The average Bonchev–Trinajstić information content (AvgIpc) is 3.77. The number of H-pyrrole nitrogens is 1. The summed E-state index contributed by atoms with van der Waals surface area (Å²) in [5.74, 6) is 1.32. The van der Waals surface area contributed by atoms with Crippen molar-refractivity contribution < 1.29 is 43.2 Å². The van der Waals surface area contributed by atoms with E-state index >= 15 is 0 Å². The van der Waals surface area contributed by atoms with Crippen molar-refractivity contribution in [3.63, 3.8) is 0 Å². The number of likely N-dealkylation sites (N-methyl/N-ethyl adjacent to an activating group) is 1. The second kappa shape index (κ2) is 17.8. The summed E-state index contributed by atoms with van der Waals surface area (Å²) >= 11 is 0. The minimum atomic E-state index is -1.35. The van der Waals surface area contributed by atoms with Crippen LogP contribution in [-0.2, 0) is 38.1 Å². The van der Waals surface area contributed by atoms with E-state index in [2.05, 4.69) is 28.4 Å². The molecular weight excluding hydrogens is 714 g/mol. The fourth-order valence-electron chi connectivity index (χ4n) is 9.14. The number of hydrogen-bond acceptors (Lipinski definition) is 11. The van der Waals surface area contributed by atoms with Crippen molar-refractivity contribution >= 4 is 17.5 Å². The highest BCUT2D eigenvalue weighted by Crippen LogP contribution is 2.46. The summed E-state index contributed by atoms with van der Waals surface area (Å²) in [6.45, 7) is 18.8. The Morgan fingerprint density at radius 1 is 1.07 bits per heavy atom. The number of carbonyl (C=O) groups is 3. The maximum atomic E-state index is 14.6. The number of aromatic amines is 1. The molecular formula is C44H61N3O9. The summed E-state index contributed by atoms with van der Waals surface area (Å²) in [6, 6.07) is 7.32. The molecule has 2 N–H and O–H groups in total. The number of nitrogens with one attached hydrogen (secondary N) is 1. The number of ketones is 2. The van der Waals surface area contributed by atoms with E-state index in [-0.39, 0.29) is 37.6 Å². The van der Waals surface area contributed by atoms with E-state index in [1.54, 1.807) is 26.2 Å². The van der Waals surface area contributed by atoms with Crippen LogP contribution in [0.2, 0.25) is 0 Å². The molecule has 0 bridgehead atoms. The fourth-order valence-corrected chi connectivity index (χ4v) is 9.14. The maximum Gasteiger partial charge on any atom is 0.316 e. The second-order valence-electron chi connectivity index (χ2n) is 16.7. The van der Waals surface area contributed by atoms with Gasteiger partial charge in [-0.2, -0.15) is 0 Å². The molecule has 3 aliphatic heterocycles. The number of hydrogen-bond donors (Lipinski definition) is 2. The normalized spacial score (nSPS) is 37.4. The Hall–Kier alpha value is -3.70. The minimum absolute atomic E-state index is 0.0531. The van der Waals surface area contributed by atoms with Crippen LogP contribution in [0.4, 0.5) is 0 Å². The fraction of sp³-hybridized carbons (Fsp3) is 0.636. The number of aliphatic hydroxyl groups is 1. The van der Waals surface area contributed by atoms with E-state index in [0.717, 1.165) is 16.8 Å². The Labute approximate surface area is 332 Å². The van der Waals surface area contributed by atoms with Crippen LogP contribution in [-0.4, -0.2) is 113 Å². The number of nitrogens with zero attached hydrogens (tertiary/aromatic N) is 2. The lowest BCUT2D eigenvalue weighted by Gasteiger charge is -2.47. The number of cyclic esters (lactones) is 1. The number of rotatable bonds is 7. The molecule has 0 spiro atoms. The zero-order valence-corrected chi connectivity index (χ0v) is 34.7. The van der Waals surface area contributed by atoms with E-state index < -0.39 is 77.1 Å². The molecule has 3 aliphatic rings. The first-order valence-electron chi connectivity index (χ1n) is 19.9. The smallest absolute Gasteiger partial charge is 0.316 e. The standard InChI is InChI=1S/C44H61N3O9/c1-12-35-44(9)36(26(3)24-53-44)28(5)37(48)25(2)22-43(8,52-20-14-16-32-17-18-33(46-32)31-15-13-19-45-23-31)40(29(6)38(49)30(7)41(51)55-35)56-42-39(50)34(47(10)11)21-27(4)54-42/h13,15,17-19,23,25,27-30,34-36,39-40,42,46,50H,3,12,20-22,24H2,1-2,4-11H3/t25?,27-,28?,29+,30?,34+,35-,36+,39-,40-,42+,43-,44-/m1/s1. The topological polar surface area (TPSA) is 150 Å². The van der Waals surface area contributed by atoms with Crippen molar-refractivity contribution in [2.24, 2.45) is 29.6 Å². The molecule has 2 aromatic heterocycles. The molecule has 12 heteroatoms. The van der Waals surface area contributed by atoms with Crippen molar-refractivity contribution in [3.05, 3.63) is 54.5 Å². The van der Waals surface area contributed by atoms with Crippen LogP contribution in [0.25, 0.3) is 11.3 Å². The van der Waals surface area contributed by atoms with Gasteiger partial charge < -0.3 is 38.7 Å². The van der Waals surface area contributed by atoms with Crippen LogP contribution >= 0.6 is 0 Å². The number of carbonyl (C=O) groups excluding carboxylic acids is 3. The Morgan fingerprint density at radius 3 is 2.46 bits per heavy atom. The van der Waals surface area contributed by atoms with E-state index in [1.165, 1.54) is 6.92 Å². The summed E-state index contributed by atoms with van der Waals surface area (Å²) in [7, 11) is 3.76. The average molecular weight is 776 g/mol. The quantitative estimate of drug-likeness (QED) is 0.162. The van der Waals surface area contributed by atoms with E-state index in [4.69, 9.17) is 23.7 Å². The first-order chi connectivity index (χ1) is 26.4. The number of Topliss-reactive ketones (excluding diaryl/α,β-unsaturated/α-hetero) is 2. The molecule has 306 valence electrons. The van der Waals surface area contributed by atoms with Gasteiger partial charge in [0.15, 0.2) is 12.1 Å². The van der Waals surface area contributed by atoms with E-state index in [1.807, 2.05) is 77.9 Å². The molecule has 5 rings (SSSR count). The molecule has 3 unspecified atom stereocenters. The van der Waals surface area contributed by atoms with Gasteiger partial charge in [-0.1, -0.05) is 40.2 Å². The third kappa shape index (κ3) is 9.04. The highest BCUT2D eigenvalue weighted by Gasteiger charge is 2.55. The SMILES string of the molecule is C=C1CO[C@]2(C)[C@@H](CC)OC(=O)C(C)C(=O)[C@H](C)[C@@H](O[C@@H]3O[C@H](C)C[C@H](N(C)C)[C@H]3O)[C@](C)(OCC#Cc3ccc(-c4cccnc4)[nH]3)CC(C)C(=O)C(C)[C@H]12. The van der Waals surface area contributed by atoms with Crippen molar-refractivity contribution in [1.82, 2.24) is 14.9 Å². The highest BCUT2D eigenvalue weighted by molar-refractivity contribution is 6.00. The van der Waals surface area contributed by atoms with E-state index in [9.17, 15) is 19.5 Å². The largest absolute Gasteiger partial charge is 0.459 e. The van der Waals surface area contributed by atoms with Crippen molar-refractivity contribution in [1.29, 1.82) is 0 Å². The van der Waals surface area contributed by atoms with Gasteiger partial charge in [-0.05, 0) is 96.8 Å². The van der Waals surface area contributed by atoms with Crippen LogP contribution in [0, 0.1) is 41.4 Å². The van der Waals surface area contributed by atoms with Crippen LogP contribution in [0.3, 0.4) is 0 Å². The molecule has 0 radical (unpaired) electrons. The molecule has 2 aromatic rings. The third-order valence-electron chi connectivity index (χ3n) is 12.2. The molecule has 13 atom stereocenters. The molecule has 0 saturated carbocycles. The number of pyridine rings is 1. The predicted octanol–water partition coefficient (Wildman–Crippen LogP) is 5.38. The van der Waals surface area contributed by atoms with Gasteiger partial charge in [0.05, 0.1) is 30.1 Å². The third-order valence-corrected chi connectivity index (χ3v) is 12.2. The Bertz CT molecular complexity index is 1780. The lowest BCUT2D eigenvalue weighted by atomic mass is 9.69. The molecule has 5 heterocycles. The number of aliphatic hydroxyl groups excluding tert-OH is 1. The van der Waals surface area contributed by atoms with E-state index in [0.29, 0.717) is 18.5 Å². The van der Waals surface area contributed by atoms with Crippen molar-refractivity contribution in [3.8, 4) is 23.1 Å². The zero-order chi connectivity index (χ0) is 41.1. The molecule has 0 amide bonds. The molecule has 0 aromatic carbocycles. The highest BCUT2D eigenvalue weighted by atomic mass is 16.7. The molecule has 3 saturated heterocycles. The summed E-state index contributed by atoms with van der Waals surface area (Å²) in [5.41, 5.74) is 0.824. The van der Waals surface area contributed by atoms with Gasteiger partial charge in [-0.3, -0.25) is 19.4 Å². The van der Waals surface area contributed by atoms with Crippen LogP contribution in [0.1, 0.15) is 80.3 Å². The maximum absolute atomic E-state index is 14.6. The molecule has 3 fully saturated rings. The van der Waals surface area contributed by atoms with Crippen molar-refractivity contribution in [2.45, 2.75) is 123 Å². The predicted molar refractivity (Wildman–Crippen MR) is 211 cm³/mol. The minimum Gasteiger partial charge on any atom is -0.459 e. The Kier molecular flexibility index (Phi) is 13.8. The monoisotopic (exact) mass is 775 g/mol. The summed E-state index contributed by atoms with van der Waals surface area (Å²) < 4.78 is 32.1. The second-order valence-corrected chi connectivity index (χ2v) is 16.7. The van der Waals surface area contributed by atoms with Gasteiger partial charge >= 0.3 is 5.97 Å². The molecule has 56 heavy (non-hydrogen) atoms. The van der Waals surface area contributed by atoms with Crippen LogP contribution in [0.5, 0.6) is 0 Å².